The lowest BCUT2D eigenvalue weighted by atomic mass is 10.1. The van der Waals surface area contributed by atoms with E-state index in [1.54, 1.807) is 28.6 Å². The molecule has 0 unspecified atom stereocenters. The highest BCUT2D eigenvalue weighted by atomic mass is 32.1. The Balaban J connectivity index is 1.38. The molecule has 2 aromatic carbocycles. The second kappa shape index (κ2) is 9.68. The van der Waals surface area contributed by atoms with Gasteiger partial charge in [0.1, 0.15) is 23.1 Å². The Morgan fingerprint density at radius 1 is 1.16 bits per heavy atom. The van der Waals surface area contributed by atoms with Crippen LogP contribution in [0.1, 0.15) is 21.6 Å². The molecule has 1 amide bonds. The molecule has 3 aromatic rings. The summed E-state index contributed by atoms with van der Waals surface area (Å²) in [5.41, 5.74) is 3.87. The van der Waals surface area contributed by atoms with Crippen LogP contribution < -0.4 is 10.2 Å². The molecule has 168 valence electrons. The van der Waals surface area contributed by atoms with Crippen LogP contribution >= 0.6 is 11.3 Å². The molecule has 0 atom stereocenters. The number of alkyl halides is 3. The van der Waals surface area contributed by atoms with E-state index in [4.69, 9.17) is 9.47 Å². The van der Waals surface area contributed by atoms with E-state index in [-0.39, 0.29) is 12.5 Å². The zero-order valence-corrected chi connectivity index (χ0v) is 17.7. The average Bonchev–Trinajstić information content (AvgIpc) is 3.29. The maximum absolute atomic E-state index is 12.7. The fraction of sp³-hybridized carbons (Fsp3) is 0.273. The number of carbonyl (C=O) groups excluding carboxylic acids is 1. The fourth-order valence-corrected chi connectivity index (χ4v) is 3.86. The van der Waals surface area contributed by atoms with Gasteiger partial charge < -0.3 is 9.47 Å². The maximum Gasteiger partial charge on any atom is 0.416 e. The molecule has 0 bridgehead atoms. The smallest absolute Gasteiger partial charge is 0.416 e. The zero-order chi connectivity index (χ0) is 22.6. The van der Waals surface area contributed by atoms with Gasteiger partial charge in [-0.2, -0.15) is 13.2 Å². The summed E-state index contributed by atoms with van der Waals surface area (Å²) in [6.07, 6.45) is -4.36. The van der Waals surface area contributed by atoms with Crippen molar-refractivity contribution in [3.63, 3.8) is 0 Å². The Morgan fingerprint density at radius 3 is 2.62 bits per heavy atom. The molecular formula is C22H20F3N3O3S. The molecule has 1 saturated heterocycles. The van der Waals surface area contributed by atoms with Crippen LogP contribution in [0.3, 0.4) is 0 Å². The summed E-state index contributed by atoms with van der Waals surface area (Å²) in [5.74, 6) is 0.279. The molecule has 2 heterocycles. The third-order valence-electron chi connectivity index (χ3n) is 4.78. The highest BCUT2D eigenvalue weighted by Gasteiger charge is 2.29. The first-order valence-corrected chi connectivity index (χ1v) is 10.7. The highest BCUT2D eigenvalue weighted by Crippen LogP contribution is 2.30. The van der Waals surface area contributed by atoms with Gasteiger partial charge in [0.15, 0.2) is 0 Å². The number of halogens is 3. The summed E-state index contributed by atoms with van der Waals surface area (Å²) in [6.45, 7) is 2.53. The summed E-state index contributed by atoms with van der Waals surface area (Å²) in [4.78, 5) is 16.8. The number of morpholine rings is 1. The van der Waals surface area contributed by atoms with Gasteiger partial charge in [-0.1, -0.05) is 24.3 Å². The summed E-state index contributed by atoms with van der Waals surface area (Å²) < 4.78 is 49.0. The number of nitrogens with zero attached hydrogens (tertiary/aromatic N) is 2. The first-order valence-electron chi connectivity index (χ1n) is 9.87. The first kappa shape index (κ1) is 22.3. The van der Waals surface area contributed by atoms with Crippen molar-refractivity contribution in [3.8, 4) is 16.3 Å². The Hall–Kier alpha value is -2.95. The monoisotopic (exact) mass is 463 g/mol. The number of amides is 1. The number of aromatic nitrogens is 1. The molecule has 1 aliphatic rings. The number of rotatable bonds is 6. The van der Waals surface area contributed by atoms with Crippen molar-refractivity contribution in [1.29, 1.82) is 0 Å². The van der Waals surface area contributed by atoms with Crippen LogP contribution in [0, 0.1) is 0 Å². The van der Waals surface area contributed by atoms with Gasteiger partial charge in [0.25, 0.3) is 5.91 Å². The Morgan fingerprint density at radius 2 is 1.91 bits per heavy atom. The predicted molar refractivity (Wildman–Crippen MR) is 113 cm³/mol. The molecule has 0 spiro atoms. The van der Waals surface area contributed by atoms with E-state index in [0.29, 0.717) is 48.3 Å². The van der Waals surface area contributed by atoms with Gasteiger partial charge in [-0.25, -0.2) is 9.99 Å². The minimum Gasteiger partial charge on any atom is -0.489 e. The fourth-order valence-electron chi connectivity index (χ4n) is 3.06. The van der Waals surface area contributed by atoms with E-state index >= 15 is 0 Å². The third kappa shape index (κ3) is 5.64. The number of nitrogens with one attached hydrogen (secondary N) is 1. The molecule has 0 aliphatic carbocycles. The molecule has 10 heteroatoms. The number of hydrazine groups is 1. The molecule has 1 aliphatic heterocycles. The first-order chi connectivity index (χ1) is 15.4. The van der Waals surface area contributed by atoms with Crippen molar-refractivity contribution >= 4 is 17.2 Å². The maximum atomic E-state index is 12.7. The number of ether oxygens (including phenoxy) is 2. The molecular weight excluding hydrogens is 443 g/mol. The van der Waals surface area contributed by atoms with Crippen molar-refractivity contribution in [2.75, 3.05) is 26.3 Å². The number of carbonyl (C=O) groups is 1. The van der Waals surface area contributed by atoms with E-state index in [1.807, 2.05) is 6.07 Å². The van der Waals surface area contributed by atoms with Gasteiger partial charge in [0, 0.05) is 24.0 Å². The second-order valence-electron chi connectivity index (χ2n) is 7.09. The van der Waals surface area contributed by atoms with Crippen LogP contribution in [-0.4, -0.2) is 42.2 Å². The topological polar surface area (TPSA) is 63.7 Å². The molecule has 4 rings (SSSR count). The summed E-state index contributed by atoms with van der Waals surface area (Å²) in [7, 11) is 0. The van der Waals surface area contributed by atoms with Crippen molar-refractivity contribution in [1.82, 2.24) is 15.4 Å². The van der Waals surface area contributed by atoms with Crippen molar-refractivity contribution in [2.45, 2.75) is 12.8 Å². The largest absolute Gasteiger partial charge is 0.489 e. The Bertz CT molecular complexity index is 1060. The van der Waals surface area contributed by atoms with Crippen LogP contribution in [0.25, 0.3) is 10.6 Å². The summed E-state index contributed by atoms with van der Waals surface area (Å²) >= 11 is 1.34. The van der Waals surface area contributed by atoms with E-state index in [0.717, 1.165) is 17.7 Å². The molecule has 32 heavy (non-hydrogen) atoms. The molecule has 1 N–H and O–H groups in total. The van der Waals surface area contributed by atoms with Crippen molar-refractivity contribution in [2.24, 2.45) is 0 Å². The Labute approximate surface area is 186 Å². The van der Waals surface area contributed by atoms with E-state index in [9.17, 15) is 18.0 Å². The standard InChI is InChI=1S/C22H20F3N3O3S/c23-22(24,25)17-6-4-15(5-7-17)13-31-18-3-1-2-16(12-18)21-26-19(14-32-21)20(29)27-28-8-10-30-11-9-28/h1-7,12,14H,8-11,13H2,(H,27,29). The van der Waals surface area contributed by atoms with Crippen molar-refractivity contribution in [3.05, 3.63) is 70.7 Å². The minimum absolute atomic E-state index is 0.132. The lowest BCUT2D eigenvalue weighted by Gasteiger charge is -2.26. The van der Waals surface area contributed by atoms with Gasteiger partial charge in [0.2, 0.25) is 0 Å². The zero-order valence-electron chi connectivity index (χ0n) is 16.9. The van der Waals surface area contributed by atoms with Crippen LogP contribution in [0.4, 0.5) is 13.2 Å². The van der Waals surface area contributed by atoms with Crippen LogP contribution in [0.5, 0.6) is 5.75 Å². The average molecular weight is 463 g/mol. The lowest BCUT2D eigenvalue weighted by Crippen LogP contribution is -2.48. The molecule has 0 saturated carbocycles. The van der Waals surface area contributed by atoms with E-state index in [2.05, 4.69) is 10.4 Å². The Kier molecular flexibility index (Phi) is 6.73. The number of hydrogen-bond acceptors (Lipinski definition) is 6. The van der Waals surface area contributed by atoms with Gasteiger partial charge >= 0.3 is 6.18 Å². The van der Waals surface area contributed by atoms with Gasteiger partial charge in [-0.3, -0.25) is 10.2 Å². The van der Waals surface area contributed by atoms with Crippen molar-refractivity contribution < 1.29 is 27.4 Å². The van der Waals surface area contributed by atoms with Gasteiger partial charge in [0.05, 0.1) is 18.8 Å². The van der Waals surface area contributed by atoms with E-state index < -0.39 is 11.7 Å². The predicted octanol–water partition coefficient (Wildman–Crippen LogP) is 4.38. The lowest BCUT2D eigenvalue weighted by molar-refractivity contribution is -0.137. The molecule has 1 aromatic heterocycles. The van der Waals surface area contributed by atoms with Crippen LogP contribution in [0.15, 0.2) is 53.9 Å². The van der Waals surface area contributed by atoms with Crippen LogP contribution in [-0.2, 0) is 17.5 Å². The van der Waals surface area contributed by atoms with Gasteiger partial charge in [-0.05, 0) is 29.8 Å². The number of hydrogen-bond donors (Lipinski definition) is 1. The molecule has 0 radical (unpaired) electrons. The van der Waals surface area contributed by atoms with Crippen LogP contribution in [0.2, 0.25) is 0 Å². The van der Waals surface area contributed by atoms with Gasteiger partial charge in [-0.15, -0.1) is 11.3 Å². The second-order valence-corrected chi connectivity index (χ2v) is 7.95. The SMILES string of the molecule is O=C(NN1CCOCC1)c1csc(-c2cccc(OCc3ccc(C(F)(F)F)cc3)c2)n1. The highest BCUT2D eigenvalue weighted by molar-refractivity contribution is 7.13. The number of thiazole rings is 1. The normalized spacial score (nSPS) is 14.8. The summed E-state index contributed by atoms with van der Waals surface area (Å²) in [5, 5.41) is 4.17. The number of benzene rings is 2. The quantitative estimate of drug-likeness (QED) is 0.588. The molecule has 6 nitrogen and oxygen atoms in total. The third-order valence-corrected chi connectivity index (χ3v) is 5.67. The molecule has 1 fully saturated rings. The van der Waals surface area contributed by atoms with E-state index in [1.165, 1.54) is 23.5 Å². The summed E-state index contributed by atoms with van der Waals surface area (Å²) in [6, 6.07) is 12.1. The minimum atomic E-state index is -4.36.